The third-order valence-electron chi connectivity index (χ3n) is 10.1. The number of benzene rings is 1. The normalized spacial score (nSPS) is 11.6. The molecular weight excluding hydrogens is 590 g/mol. The highest BCUT2D eigenvalue weighted by Gasteiger charge is 2.04. The van der Waals surface area contributed by atoms with Crippen molar-refractivity contribution >= 4 is 12.4 Å². The molecule has 0 atom stereocenters. The summed E-state index contributed by atoms with van der Waals surface area (Å²) in [6.07, 6.45) is 51.9. The van der Waals surface area contributed by atoms with Crippen LogP contribution in [0.4, 0.5) is 0 Å². The zero-order valence-electron chi connectivity index (χ0n) is 32.3. The molecule has 0 unspecified atom stereocenters. The van der Waals surface area contributed by atoms with Gasteiger partial charge >= 0.3 is 0 Å². The molecule has 0 N–H and O–H groups in total. The third kappa shape index (κ3) is 29.4. The lowest BCUT2D eigenvalue weighted by Crippen LogP contribution is -2.10. The van der Waals surface area contributed by atoms with Gasteiger partial charge in [-0.15, -0.1) is 12.4 Å². The molecule has 0 saturated carbocycles. The van der Waals surface area contributed by atoms with Crippen LogP contribution in [0.15, 0.2) is 42.8 Å². The number of unbranched alkanes of at least 4 members (excludes halogenated alkanes) is 28. The fraction of sp³-hybridized carbons (Fsp3) is 0.778. The van der Waals surface area contributed by atoms with Crippen LogP contribution in [0, 0.1) is 13.8 Å². The van der Waals surface area contributed by atoms with Crippen molar-refractivity contribution < 1.29 is 0 Å². The number of aryl methyl sites for hydroxylation is 1. The van der Waals surface area contributed by atoms with Gasteiger partial charge in [-0.1, -0.05) is 211 Å². The first-order valence-electron chi connectivity index (χ1n) is 20.8. The molecule has 0 heterocycles. The van der Waals surface area contributed by atoms with Gasteiger partial charge in [-0.25, -0.2) is 0 Å². The maximum atomic E-state index is 2.43. The van der Waals surface area contributed by atoms with Gasteiger partial charge in [0.25, 0.3) is 0 Å². The van der Waals surface area contributed by atoms with Crippen LogP contribution < -0.4 is 0 Å². The summed E-state index contributed by atoms with van der Waals surface area (Å²) < 4.78 is 0. The molecule has 0 amide bonds. The van der Waals surface area contributed by atoms with Crippen molar-refractivity contribution in [3.8, 4) is 0 Å². The Bertz CT molecular complexity index is 785. The minimum Gasteiger partial charge on any atom is -0.351 e. The second-order valence-corrected chi connectivity index (χ2v) is 14.6. The second-order valence-electron chi connectivity index (χ2n) is 14.6. The molecule has 274 valence electrons. The van der Waals surface area contributed by atoms with Crippen LogP contribution in [0.2, 0.25) is 0 Å². The summed E-state index contributed by atoms with van der Waals surface area (Å²) in [6.45, 7) is 10.1. The number of halogens is 1. The van der Waals surface area contributed by atoms with Crippen LogP contribution in [0.1, 0.15) is 223 Å². The standard InChI is InChI=1S/C45H81N.ClH/c1-5-7-9-11-13-15-17-19-21-23-25-27-29-31-33-35-40-46(42-45-39-37-38-43(3)44(45)4)41-36-34-32-30-28-26-24-22-20-18-16-14-12-10-8-6-2;/h35-41H,5-34,42H2,1-4H3;1H/b40-35+,41-36+;. The van der Waals surface area contributed by atoms with Crippen molar-refractivity contribution in [2.24, 2.45) is 0 Å². The zero-order chi connectivity index (χ0) is 33.2. The monoisotopic (exact) mass is 672 g/mol. The number of hydrogen-bond acceptors (Lipinski definition) is 1. The summed E-state index contributed by atoms with van der Waals surface area (Å²) in [4.78, 5) is 2.43. The van der Waals surface area contributed by atoms with Gasteiger partial charge in [-0.3, -0.25) is 0 Å². The van der Waals surface area contributed by atoms with Crippen molar-refractivity contribution in [1.29, 1.82) is 0 Å². The Labute approximate surface area is 302 Å². The quantitative estimate of drug-likeness (QED) is 0.0659. The average Bonchev–Trinajstić information content (AvgIpc) is 3.06. The average molecular weight is 673 g/mol. The van der Waals surface area contributed by atoms with Crippen LogP contribution >= 0.6 is 12.4 Å². The van der Waals surface area contributed by atoms with Crippen LogP contribution in [-0.4, -0.2) is 4.90 Å². The second kappa shape index (κ2) is 36.1. The number of hydrogen-bond donors (Lipinski definition) is 0. The predicted octanol–water partition coefficient (Wildman–Crippen LogP) is 16.3. The van der Waals surface area contributed by atoms with Crippen molar-refractivity contribution in [2.75, 3.05) is 0 Å². The number of nitrogens with zero attached hydrogens (tertiary/aromatic N) is 1. The van der Waals surface area contributed by atoms with Crippen molar-refractivity contribution in [3.63, 3.8) is 0 Å². The summed E-state index contributed by atoms with van der Waals surface area (Å²) in [5.41, 5.74) is 4.28. The van der Waals surface area contributed by atoms with Crippen LogP contribution in [0.25, 0.3) is 0 Å². The molecule has 0 spiro atoms. The molecule has 1 aromatic rings. The molecule has 2 heteroatoms. The number of allylic oxidation sites excluding steroid dienone is 2. The highest BCUT2D eigenvalue weighted by molar-refractivity contribution is 5.85. The molecule has 0 aliphatic rings. The van der Waals surface area contributed by atoms with E-state index in [1.165, 1.54) is 209 Å². The van der Waals surface area contributed by atoms with Gasteiger partial charge in [0.15, 0.2) is 0 Å². The van der Waals surface area contributed by atoms with Gasteiger partial charge < -0.3 is 4.90 Å². The van der Waals surface area contributed by atoms with E-state index in [1.807, 2.05) is 0 Å². The smallest absolute Gasteiger partial charge is 0.0472 e. The minimum atomic E-state index is 0. The Morgan fingerprint density at radius 3 is 1.11 bits per heavy atom. The Morgan fingerprint density at radius 1 is 0.447 bits per heavy atom. The first kappa shape index (κ1) is 45.8. The van der Waals surface area contributed by atoms with Gasteiger partial charge in [0.1, 0.15) is 0 Å². The van der Waals surface area contributed by atoms with Crippen LogP contribution in [0.3, 0.4) is 0 Å². The molecule has 47 heavy (non-hydrogen) atoms. The Hall–Kier alpha value is -1.21. The summed E-state index contributed by atoms with van der Waals surface area (Å²) in [5.74, 6) is 0. The Balaban J connectivity index is 0.0000212. The van der Waals surface area contributed by atoms with Gasteiger partial charge in [-0.2, -0.15) is 0 Å². The molecule has 0 aliphatic carbocycles. The molecule has 0 bridgehead atoms. The maximum Gasteiger partial charge on any atom is 0.0472 e. The molecule has 1 nitrogen and oxygen atoms in total. The molecule has 0 aromatic heterocycles. The van der Waals surface area contributed by atoms with Crippen LogP contribution in [-0.2, 0) is 6.54 Å². The van der Waals surface area contributed by atoms with Gasteiger partial charge in [0.05, 0.1) is 0 Å². The van der Waals surface area contributed by atoms with E-state index in [9.17, 15) is 0 Å². The summed E-state index contributed by atoms with van der Waals surface area (Å²) >= 11 is 0. The van der Waals surface area contributed by atoms with E-state index in [0.717, 1.165) is 6.54 Å². The lowest BCUT2D eigenvalue weighted by Gasteiger charge is -2.18. The zero-order valence-corrected chi connectivity index (χ0v) is 33.1. The van der Waals surface area contributed by atoms with Gasteiger partial charge in [0, 0.05) is 6.54 Å². The number of rotatable bonds is 34. The van der Waals surface area contributed by atoms with E-state index in [2.05, 4.69) is 75.3 Å². The fourth-order valence-corrected chi connectivity index (χ4v) is 6.67. The minimum absolute atomic E-state index is 0. The summed E-state index contributed by atoms with van der Waals surface area (Å²) in [7, 11) is 0. The SMILES string of the molecule is CCCCCCCCCCCCCCCC/C=C/N(/C=C/CCCCCCCCCCCCCCCC)Cc1cccc(C)c1C.Cl. The van der Waals surface area contributed by atoms with Crippen molar-refractivity contribution in [2.45, 2.75) is 227 Å². The van der Waals surface area contributed by atoms with Gasteiger partial charge in [0.2, 0.25) is 0 Å². The van der Waals surface area contributed by atoms with Gasteiger partial charge in [-0.05, 0) is 68.6 Å². The maximum absolute atomic E-state index is 2.43. The molecule has 1 aromatic carbocycles. The lowest BCUT2D eigenvalue weighted by molar-refractivity contribution is 0.493. The predicted molar refractivity (Wildman–Crippen MR) is 217 cm³/mol. The molecular formula is C45H82ClN. The van der Waals surface area contributed by atoms with E-state index in [-0.39, 0.29) is 12.4 Å². The van der Waals surface area contributed by atoms with E-state index in [0.29, 0.717) is 0 Å². The van der Waals surface area contributed by atoms with E-state index in [1.54, 1.807) is 0 Å². The topological polar surface area (TPSA) is 3.24 Å². The van der Waals surface area contributed by atoms with Crippen molar-refractivity contribution in [3.05, 3.63) is 59.4 Å². The molecule has 0 radical (unpaired) electrons. The highest BCUT2D eigenvalue weighted by atomic mass is 35.5. The molecule has 0 saturated heterocycles. The third-order valence-corrected chi connectivity index (χ3v) is 10.1. The van der Waals surface area contributed by atoms with E-state index < -0.39 is 0 Å². The molecule has 1 rings (SSSR count). The largest absolute Gasteiger partial charge is 0.351 e. The van der Waals surface area contributed by atoms with E-state index in [4.69, 9.17) is 0 Å². The molecule has 0 fully saturated rings. The Morgan fingerprint density at radius 2 is 0.766 bits per heavy atom. The first-order chi connectivity index (χ1) is 22.7. The lowest BCUT2D eigenvalue weighted by atomic mass is 10.0. The summed E-state index contributed by atoms with van der Waals surface area (Å²) in [5, 5.41) is 0. The van der Waals surface area contributed by atoms with Crippen LogP contribution in [0.5, 0.6) is 0 Å². The highest BCUT2D eigenvalue weighted by Crippen LogP contribution is 2.18. The first-order valence-corrected chi connectivity index (χ1v) is 20.8. The fourth-order valence-electron chi connectivity index (χ4n) is 6.67. The van der Waals surface area contributed by atoms with E-state index >= 15 is 0 Å². The Kier molecular flexibility index (Phi) is 35.2. The van der Waals surface area contributed by atoms with Crippen molar-refractivity contribution in [1.82, 2.24) is 4.90 Å². The summed E-state index contributed by atoms with van der Waals surface area (Å²) in [6, 6.07) is 6.75. The molecule has 0 aliphatic heterocycles.